The Kier molecular flexibility index (Phi) is 4.72. The molecule has 0 aromatic carbocycles. The number of carbonyl (C=O) groups excluding carboxylic acids is 1. The van der Waals surface area contributed by atoms with Gasteiger partial charge in [-0.3, -0.25) is 0 Å². The second-order valence-electron chi connectivity index (χ2n) is 3.35. The van der Waals surface area contributed by atoms with E-state index in [-0.39, 0.29) is 0 Å². The zero-order chi connectivity index (χ0) is 12.0. The summed E-state index contributed by atoms with van der Waals surface area (Å²) in [4.78, 5) is 15.6. The smallest absolute Gasteiger partial charge is 0.341 e. The lowest BCUT2D eigenvalue weighted by Crippen LogP contribution is -2.18. The van der Waals surface area contributed by atoms with Gasteiger partial charge in [-0.1, -0.05) is 0 Å². The average molecular weight is 224 g/mol. The normalized spacial score (nSPS) is 11.9. The Morgan fingerprint density at radius 1 is 1.69 bits per heavy atom. The van der Waals surface area contributed by atoms with E-state index in [1.807, 2.05) is 0 Å². The minimum absolute atomic E-state index is 0.323. The Balaban J connectivity index is 2.78. The van der Waals surface area contributed by atoms with Crippen LogP contribution in [-0.2, 0) is 4.74 Å². The number of hydrogen-bond acceptors (Lipinski definition) is 5. The molecule has 1 aromatic heterocycles. The van der Waals surface area contributed by atoms with E-state index in [0.29, 0.717) is 24.5 Å². The summed E-state index contributed by atoms with van der Waals surface area (Å²) >= 11 is 0. The van der Waals surface area contributed by atoms with Crippen LogP contribution in [0.3, 0.4) is 0 Å². The first-order valence-electron chi connectivity index (χ1n) is 5.19. The maximum absolute atomic E-state index is 11.5. The SMILES string of the molecule is CCOC(=O)c1cccnc1NC[C@@H](C)O. The lowest BCUT2D eigenvalue weighted by Gasteiger charge is -2.11. The van der Waals surface area contributed by atoms with Crippen LogP contribution < -0.4 is 5.32 Å². The number of rotatable bonds is 5. The maximum atomic E-state index is 11.5. The van der Waals surface area contributed by atoms with Crippen LogP contribution in [0, 0.1) is 0 Å². The summed E-state index contributed by atoms with van der Waals surface area (Å²) in [5, 5.41) is 12.0. The van der Waals surface area contributed by atoms with Crippen LogP contribution in [-0.4, -0.2) is 35.3 Å². The van der Waals surface area contributed by atoms with Crippen molar-refractivity contribution in [2.45, 2.75) is 20.0 Å². The molecule has 1 aromatic rings. The Morgan fingerprint density at radius 2 is 2.44 bits per heavy atom. The van der Waals surface area contributed by atoms with Crippen LogP contribution in [0.1, 0.15) is 24.2 Å². The third-order valence-corrected chi connectivity index (χ3v) is 1.87. The number of carbonyl (C=O) groups is 1. The summed E-state index contributed by atoms with van der Waals surface area (Å²) in [6.45, 7) is 4.06. The molecule has 0 aliphatic carbocycles. The average Bonchev–Trinajstić information content (AvgIpc) is 2.27. The fourth-order valence-corrected chi connectivity index (χ4v) is 1.16. The van der Waals surface area contributed by atoms with Gasteiger partial charge in [0.05, 0.1) is 12.7 Å². The molecule has 5 heteroatoms. The number of aromatic nitrogens is 1. The Labute approximate surface area is 94.5 Å². The van der Waals surface area contributed by atoms with Gasteiger partial charge in [-0.25, -0.2) is 9.78 Å². The fraction of sp³-hybridized carbons (Fsp3) is 0.455. The summed E-state index contributed by atoms with van der Waals surface area (Å²) in [5.41, 5.74) is 0.380. The van der Waals surface area contributed by atoms with Gasteiger partial charge in [-0.05, 0) is 26.0 Å². The lowest BCUT2D eigenvalue weighted by atomic mass is 10.2. The van der Waals surface area contributed by atoms with Crippen molar-refractivity contribution < 1.29 is 14.6 Å². The number of nitrogens with one attached hydrogen (secondary N) is 1. The largest absolute Gasteiger partial charge is 0.462 e. The molecule has 0 unspecified atom stereocenters. The molecule has 0 fully saturated rings. The summed E-state index contributed by atoms with van der Waals surface area (Å²) in [6, 6.07) is 3.30. The number of nitrogens with zero attached hydrogens (tertiary/aromatic N) is 1. The highest BCUT2D eigenvalue weighted by atomic mass is 16.5. The van der Waals surface area contributed by atoms with E-state index in [4.69, 9.17) is 9.84 Å². The van der Waals surface area contributed by atoms with Crippen molar-refractivity contribution in [3.05, 3.63) is 23.9 Å². The van der Waals surface area contributed by atoms with Crippen molar-refractivity contribution in [1.82, 2.24) is 4.98 Å². The summed E-state index contributed by atoms with van der Waals surface area (Å²) in [7, 11) is 0. The molecule has 0 aliphatic heterocycles. The van der Waals surface area contributed by atoms with Gasteiger partial charge in [0.15, 0.2) is 0 Å². The van der Waals surface area contributed by atoms with Crippen LogP contribution in [0.5, 0.6) is 0 Å². The summed E-state index contributed by atoms with van der Waals surface area (Å²) in [5.74, 6) is 0.0190. The highest BCUT2D eigenvalue weighted by molar-refractivity contribution is 5.94. The second kappa shape index (κ2) is 6.07. The molecular formula is C11H16N2O3. The Morgan fingerprint density at radius 3 is 3.06 bits per heavy atom. The first-order valence-corrected chi connectivity index (χ1v) is 5.19. The topological polar surface area (TPSA) is 71.5 Å². The molecule has 1 heterocycles. The maximum Gasteiger partial charge on any atom is 0.341 e. The van der Waals surface area contributed by atoms with Crippen molar-refractivity contribution in [2.24, 2.45) is 0 Å². The number of aliphatic hydroxyl groups is 1. The van der Waals surface area contributed by atoms with Crippen molar-refractivity contribution >= 4 is 11.8 Å². The highest BCUT2D eigenvalue weighted by Gasteiger charge is 2.12. The molecular weight excluding hydrogens is 208 g/mol. The minimum Gasteiger partial charge on any atom is -0.462 e. The van der Waals surface area contributed by atoms with Crippen LogP contribution in [0.2, 0.25) is 0 Å². The zero-order valence-corrected chi connectivity index (χ0v) is 9.43. The van der Waals surface area contributed by atoms with E-state index < -0.39 is 12.1 Å². The van der Waals surface area contributed by atoms with Gasteiger partial charge in [-0.15, -0.1) is 0 Å². The molecule has 0 bridgehead atoms. The van der Waals surface area contributed by atoms with E-state index in [1.165, 1.54) is 0 Å². The quantitative estimate of drug-likeness (QED) is 0.731. The van der Waals surface area contributed by atoms with E-state index in [1.54, 1.807) is 32.2 Å². The number of esters is 1. The van der Waals surface area contributed by atoms with Gasteiger partial charge in [0.1, 0.15) is 11.4 Å². The number of hydrogen-bond donors (Lipinski definition) is 2. The van der Waals surface area contributed by atoms with Crippen molar-refractivity contribution in [1.29, 1.82) is 0 Å². The van der Waals surface area contributed by atoms with E-state index >= 15 is 0 Å². The van der Waals surface area contributed by atoms with Crippen molar-refractivity contribution in [2.75, 3.05) is 18.5 Å². The molecule has 1 rings (SSSR count). The van der Waals surface area contributed by atoms with Crippen LogP contribution in [0.15, 0.2) is 18.3 Å². The molecule has 0 spiro atoms. The van der Waals surface area contributed by atoms with Gasteiger partial charge >= 0.3 is 5.97 Å². The number of anilines is 1. The molecule has 16 heavy (non-hydrogen) atoms. The molecule has 0 amide bonds. The van der Waals surface area contributed by atoms with Gasteiger partial charge < -0.3 is 15.2 Å². The van der Waals surface area contributed by atoms with Crippen molar-refractivity contribution in [3.8, 4) is 0 Å². The Hall–Kier alpha value is -1.62. The molecule has 0 saturated carbocycles. The molecule has 0 aliphatic rings. The van der Waals surface area contributed by atoms with Crippen molar-refractivity contribution in [3.63, 3.8) is 0 Å². The summed E-state index contributed by atoms with van der Waals surface area (Å²) in [6.07, 6.45) is 1.07. The molecule has 2 N–H and O–H groups in total. The summed E-state index contributed by atoms with van der Waals surface area (Å²) < 4.78 is 4.89. The third-order valence-electron chi connectivity index (χ3n) is 1.87. The second-order valence-corrected chi connectivity index (χ2v) is 3.35. The van der Waals surface area contributed by atoms with Gasteiger partial charge in [0.25, 0.3) is 0 Å². The molecule has 88 valence electrons. The Bertz CT molecular complexity index is 353. The van der Waals surface area contributed by atoms with Gasteiger partial charge in [0.2, 0.25) is 0 Å². The van der Waals surface area contributed by atoms with Crippen LogP contribution >= 0.6 is 0 Å². The monoisotopic (exact) mass is 224 g/mol. The molecule has 5 nitrogen and oxygen atoms in total. The first kappa shape index (κ1) is 12.4. The highest BCUT2D eigenvalue weighted by Crippen LogP contribution is 2.12. The van der Waals surface area contributed by atoms with Gasteiger partial charge in [0, 0.05) is 12.7 Å². The minimum atomic E-state index is -0.503. The van der Waals surface area contributed by atoms with E-state index in [9.17, 15) is 4.79 Å². The van der Waals surface area contributed by atoms with Crippen LogP contribution in [0.25, 0.3) is 0 Å². The molecule has 1 atom stereocenters. The number of ether oxygens (including phenoxy) is 1. The van der Waals surface area contributed by atoms with E-state index in [0.717, 1.165) is 0 Å². The first-order chi connectivity index (χ1) is 7.65. The molecule has 0 saturated heterocycles. The number of aliphatic hydroxyl groups excluding tert-OH is 1. The number of pyridine rings is 1. The van der Waals surface area contributed by atoms with Gasteiger partial charge in [-0.2, -0.15) is 0 Å². The standard InChI is InChI=1S/C11H16N2O3/c1-3-16-11(15)9-5-4-6-12-10(9)13-7-8(2)14/h4-6,8,14H,3,7H2,1-2H3,(H,12,13)/t8-/m1/s1. The predicted octanol–water partition coefficient (Wildman–Crippen LogP) is 1.05. The van der Waals surface area contributed by atoms with E-state index in [2.05, 4.69) is 10.3 Å². The van der Waals surface area contributed by atoms with Crippen LogP contribution in [0.4, 0.5) is 5.82 Å². The predicted molar refractivity (Wildman–Crippen MR) is 60.4 cm³/mol. The zero-order valence-electron chi connectivity index (χ0n) is 9.43. The lowest BCUT2D eigenvalue weighted by molar-refractivity contribution is 0.0527. The third kappa shape index (κ3) is 3.51. The fourth-order valence-electron chi connectivity index (χ4n) is 1.16. The molecule has 0 radical (unpaired) electrons.